The Labute approximate surface area is 93.7 Å². The van der Waals surface area contributed by atoms with Crippen molar-refractivity contribution in [3.63, 3.8) is 0 Å². The van der Waals surface area contributed by atoms with Crippen molar-refractivity contribution in [1.29, 1.82) is 0 Å². The fourth-order valence-electron chi connectivity index (χ4n) is 0.953. The highest BCUT2D eigenvalue weighted by atomic mass is 16.5. The molecule has 0 heterocycles. The smallest absolute Gasteiger partial charge is 0.328 e. The van der Waals surface area contributed by atoms with E-state index >= 15 is 0 Å². The molecule has 2 amide bonds. The van der Waals surface area contributed by atoms with Crippen LogP contribution in [0.5, 0.6) is 0 Å². The van der Waals surface area contributed by atoms with Gasteiger partial charge < -0.3 is 21.1 Å². The molecule has 0 aliphatic heterocycles. The molecular formula is C9H18N3O4+. The first-order valence-electron chi connectivity index (χ1n) is 4.89. The lowest BCUT2D eigenvalue weighted by Crippen LogP contribution is -2.60. The Bertz CT molecular complexity index is 280. The molecule has 2 atom stereocenters. The summed E-state index contributed by atoms with van der Waals surface area (Å²) in [6.45, 7) is 3.08. The molecule has 0 spiro atoms. The lowest BCUT2D eigenvalue weighted by molar-refractivity contribution is -0.355. The zero-order valence-corrected chi connectivity index (χ0v) is 9.70. The lowest BCUT2D eigenvalue weighted by Gasteiger charge is -2.16. The third kappa shape index (κ3) is 4.74. The Morgan fingerprint density at radius 2 is 1.75 bits per heavy atom. The quantitative estimate of drug-likeness (QED) is 0.451. The third-order valence-corrected chi connectivity index (χ3v) is 1.91. The molecule has 0 radical (unpaired) electrons. The Hall–Kier alpha value is -1.63. The molecule has 0 aromatic rings. The Kier molecular flexibility index (Phi) is 6.09. The van der Waals surface area contributed by atoms with Crippen LogP contribution in [-0.4, -0.2) is 43.5 Å². The number of esters is 1. The minimum Gasteiger partial charge on any atom is -0.467 e. The van der Waals surface area contributed by atoms with Crippen LogP contribution in [-0.2, 0) is 19.1 Å². The summed E-state index contributed by atoms with van der Waals surface area (Å²) in [5, 5.41) is 4.84. The molecule has 7 heteroatoms. The van der Waals surface area contributed by atoms with Crippen molar-refractivity contribution in [2.75, 3.05) is 13.7 Å². The van der Waals surface area contributed by atoms with Crippen LogP contribution in [0.2, 0.25) is 0 Å². The SMILES string of the molecule is COC(=O)[C@H](C)NC(=O)[C@H](C)NC(=O)C[NH3+]. The fraction of sp³-hybridized carbons (Fsp3) is 0.667. The second kappa shape index (κ2) is 6.78. The second-order valence-electron chi connectivity index (χ2n) is 3.29. The molecule has 92 valence electrons. The van der Waals surface area contributed by atoms with Gasteiger partial charge in [-0.05, 0) is 13.8 Å². The molecule has 5 N–H and O–H groups in total. The van der Waals surface area contributed by atoms with E-state index < -0.39 is 24.0 Å². The number of methoxy groups -OCH3 is 1. The number of nitrogens with one attached hydrogen (secondary N) is 2. The van der Waals surface area contributed by atoms with E-state index in [0.29, 0.717) is 0 Å². The van der Waals surface area contributed by atoms with Gasteiger partial charge in [0.15, 0.2) is 6.54 Å². The van der Waals surface area contributed by atoms with Gasteiger partial charge in [-0.15, -0.1) is 0 Å². The molecule has 0 unspecified atom stereocenters. The Morgan fingerprint density at radius 3 is 2.19 bits per heavy atom. The molecule has 16 heavy (non-hydrogen) atoms. The number of hydrogen-bond donors (Lipinski definition) is 3. The largest absolute Gasteiger partial charge is 0.467 e. The summed E-state index contributed by atoms with van der Waals surface area (Å²) in [4.78, 5) is 33.4. The van der Waals surface area contributed by atoms with Crippen molar-refractivity contribution in [1.82, 2.24) is 10.6 Å². The number of hydrogen-bond acceptors (Lipinski definition) is 4. The van der Waals surface area contributed by atoms with E-state index in [1.165, 1.54) is 21.0 Å². The number of rotatable bonds is 5. The highest BCUT2D eigenvalue weighted by Gasteiger charge is 2.20. The van der Waals surface area contributed by atoms with Gasteiger partial charge in [-0.2, -0.15) is 0 Å². The summed E-state index contributed by atoms with van der Waals surface area (Å²) in [6.07, 6.45) is 0. The first-order valence-corrected chi connectivity index (χ1v) is 4.89. The summed E-state index contributed by atoms with van der Waals surface area (Å²) in [5.41, 5.74) is 3.38. The van der Waals surface area contributed by atoms with Crippen molar-refractivity contribution < 1.29 is 24.9 Å². The van der Waals surface area contributed by atoms with Gasteiger partial charge in [-0.1, -0.05) is 0 Å². The Morgan fingerprint density at radius 1 is 1.19 bits per heavy atom. The zero-order valence-electron chi connectivity index (χ0n) is 9.70. The van der Waals surface area contributed by atoms with Crippen LogP contribution < -0.4 is 16.4 Å². The molecule has 0 fully saturated rings. The molecular weight excluding hydrogens is 214 g/mol. The van der Waals surface area contributed by atoms with Crippen LogP contribution in [0.4, 0.5) is 0 Å². The summed E-state index contributed by atoms with van der Waals surface area (Å²) in [6, 6.07) is -1.45. The average Bonchev–Trinajstić information content (AvgIpc) is 2.27. The van der Waals surface area contributed by atoms with Crippen molar-refractivity contribution >= 4 is 17.8 Å². The minimum atomic E-state index is -0.739. The molecule has 0 saturated carbocycles. The highest BCUT2D eigenvalue weighted by molar-refractivity contribution is 5.90. The van der Waals surface area contributed by atoms with Gasteiger partial charge in [0.05, 0.1) is 7.11 Å². The predicted molar refractivity (Wildman–Crippen MR) is 55.0 cm³/mol. The standard InChI is InChI=1S/C9H17N3O4/c1-5(11-7(13)4-10)8(14)12-6(2)9(15)16-3/h5-6H,4,10H2,1-3H3,(H,11,13)(H,12,14)/p+1/t5-,6-/m0/s1. The van der Waals surface area contributed by atoms with Crippen molar-refractivity contribution in [3.05, 3.63) is 0 Å². The lowest BCUT2D eigenvalue weighted by atomic mass is 10.2. The van der Waals surface area contributed by atoms with E-state index in [1.807, 2.05) is 0 Å². The van der Waals surface area contributed by atoms with Crippen LogP contribution >= 0.6 is 0 Å². The van der Waals surface area contributed by atoms with Gasteiger partial charge >= 0.3 is 5.97 Å². The fourth-order valence-corrected chi connectivity index (χ4v) is 0.953. The van der Waals surface area contributed by atoms with Crippen LogP contribution in [0.15, 0.2) is 0 Å². The summed E-state index contributed by atoms with van der Waals surface area (Å²) in [5.74, 6) is -1.31. The number of ether oxygens (including phenoxy) is 1. The molecule has 0 aromatic carbocycles. The maximum absolute atomic E-state index is 11.5. The molecule has 0 aliphatic carbocycles. The van der Waals surface area contributed by atoms with Crippen LogP contribution in [0, 0.1) is 0 Å². The van der Waals surface area contributed by atoms with Gasteiger partial charge in [0, 0.05) is 0 Å². The number of quaternary nitrogens is 1. The van der Waals surface area contributed by atoms with Crippen molar-refractivity contribution in [2.45, 2.75) is 25.9 Å². The van der Waals surface area contributed by atoms with Crippen LogP contribution in [0.1, 0.15) is 13.8 Å². The first-order chi connectivity index (χ1) is 7.42. The molecule has 0 bridgehead atoms. The van der Waals surface area contributed by atoms with Crippen LogP contribution in [0.25, 0.3) is 0 Å². The van der Waals surface area contributed by atoms with E-state index in [1.54, 1.807) is 0 Å². The predicted octanol–water partition coefficient (Wildman–Crippen LogP) is -2.59. The van der Waals surface area contributed by atoms with Gasteiger partial charge in [-0.25, -0.2) is 4.79 Å². The van der Waals surface area contributed by atoms with Crippen LogP contribution in [0.3, 0.4) is 0 Å². The van der Waals surface area contributed by atoms with E-state index in [-0.39, 0.29) is 12.5 Å². The maximum Gasteiger partial charge on any atom is 0.328 e. The summed E-state index contributed by atoms with van der Waals surface area (Å²) >= 11 is 0. The van der Waals surface area contributed by atoms with Gasteiger partial charge in [0.25, 0.3) is 5.91 Å². The topological polar surface area (TPSA) is 112 Å². The highest BCUT2D eigenvalue weighted by Crippen LogP contribution is 1.89. The summed E-state index contributed by atoms with van der Waals surface area (Å²) in [7, 11) is 1.24. The molecule has 0 saturated heterocycles. The van der Waals surface area contributed by atoms with E-state index in [0.717, 1.165) is 0 Å². The van der Waals surface area contributed by atoms with Gasteiger partial charge in [0.1, 0.15) is 12.1 Å². The number of amides is 2. The monoisotopic (exact) mass is 232 g/mol. The molecule has 0 aromatic heterocycles. The second-order valence-corrected chi connectivity index (χ2v) is 3.29. The minimum absolute atomic E-state index is 0.0597. The van der Waals surface area contributed by atoms with Crippen molar-refractivity contribution in [2.24, 2.45) is 0 Å². The van der Waals surface area contributed by atoms with Crippen molar-refractivity contribution in [3.8, 4) is 0 Å². The Balaban J connectivity index is 4.15. The van der Waals surface area contributed by atoms with Gasteiger partial charge in [0.2, 0.25) is 5.91 Å². The average molecular weight is 232 g/mol. The molecule has 0 aliphatic rings. The first kappa shape index (κ1) is 14.4. The van der Waals surface area contributed by atoms with E-state index in [9.17, 15) is 14.4 Å². The summed E-state index contributed by atoms with van der Waals surface area (Å²) < 4.78 is 4.44. The van der Waals surface area contributed by atoms with Gasteiger partial charge in [-0.3, -0.25) is 9.59 Å². The molecule has 0 rings (SSSR count). The zero-order chi connectivity index (χ0) is 12.7. The third-order valence-electron chi connectivity index (χ3n) is 1.91. The molecule has 7 nitrogen and oxygen atoms in total. The van der Waals surface area contributed by atoms with E-state index in [2.05, 4.69) is 21.1 Å². The van der Waals surface area contributed by atoms with E-state index in [4.69, 9.17) is 0 Å². The normalized spacial score (nSPS) is 13.5. The number of carbonyl (C=O) groups is 3. The number of carbonyl (C=O) groups excluding carboxylic acids is 3. The maximum atomic E-state index is 11.5.